The van der Waals surface area contributed by atoms with Gasteiger partial charge in [-0.05, 0) is 56.5 Å². The minimum absolute atomic E-state index is 0.0145. The summed E-state index contributed by atoms with van der Waals surface area (Å²) in [6.45, 7) is 4.98. The lowest BCUT2D eigenvalue weighted by atomic mass is 9.88. The molecule has 2 fully saturated rings. The first-order valence-corrected chi connectivity index (χ1v) is 13.0. The van der Waals surface area contributed by atoms with E-state index in [1.807, 2.05) is 23.1 Å². The summed E-state index contributed by atoms with van der Waals surface area (Å²) in [4.78, 5) is 34.8. The van der Waals surface area contributed by atoms with Crippen LogP contribution in [0.15, 0.2) is 42.5 Å². The fourth-order valence-electron chi connectivity index (χ4n) is 5.71. The number of nitrogens with zero attached hydrogens (tertiary/aromatic N) is 3. The zero-order valence-electron chi connectivity index (χ0n) is 20.8. The molecule has 1 aromatic heterocycles. The number of likely N-dealkylation sites (tertiary alicyclic amines) is 2. The largest absolute Gasteiger partial charge is 0.350 e. The number of aromatic amines is 1. The summed E-state index contributed by atoms with van der Waals surface area (Å²) in [5.41, 5.74) is 3.20. The zero-order valence-corrected chi connectivity index (χ0v) is 21.5. The van der Waals surface area contributed by atoms with Gasteiger partial charge in [-0.3, -0.25) is 14.5 Å². The highest BCUT2D eigenvalue weighted by molar-refractivity contribution is 6.31. The molecule has 0 bridgehead atoms. The maximum absolute atomic E-state index is 14.5. The van der Waals surface area contributed by atoms with Crippen molar-refractivity contribution in [2.45, 2.75) is 44.7 Å². The minimum Gasteiger partial charge on any atom is -0.350 e. The van der Waals surface area contributed by atoms with Crippen LogP contribution in [0.25, 0.3) is 10.9 Å². The molecule has 0 saturated carbocycles. The van der Waals surface area contributed by atoms with Gasteiger partial charge in [-0.25, -0.2) is 4.39 Å². The van der Waals surface area contributed by atoms with Gasteiger partial charge in [0.2, 0.25) is 5.91 Å². The van der Waals surface area contributed by atoms with Crippen LogP contribution in [0.2, 0.25) is 5.02 Å². The number of hydrogen-bond donors (Lipinski definition) is 1. The molecule has 1 atom stereocenters. The Morgan fingerprint density at radius 2 is 1.83 bits per heavy atom. The smallest absolute Gasteiger partial charge is 0.270 e. The number of amides is 2. The van der Waals surface area contributed by atoms with Gasteiger partial charge in [-0.1, -0.05) is 35.9 Å². The van der Waals surface area contributed by atoms with Crippen molar-refractivity contribution in [1.29, 1.82) is 0 Å². The molecule has 2 aliphatic rings. The van der Waals surface area contributed by atoms with E-state index in [4.69, 9.17) is 11.6 Å². The third-order valence-corrected chi connectivity index (χ3v) is 8.23. The maximum atomic E-state index is 14.5. The number of aromatic nitrogens is 1. The second-order valence-electron chi connectivity index (χ2n) is 10.0. The Morgan fingerprint density at radius 3 is 2.56 bits per heavy atom. The van der Waals surface area contributed by atoms with Crippen molar-refractivity contribution < 1.29 is 14.0 Å². The van der Waals surface area contributed by atoms with Crippen molar-refractivity contribution >= 4 is 34.3 Å². The van der Waals surface area contributed by atoms with Crippen molar-refractivity contribution in [1.82, 2.24) is 19.7 Å². The Kier molecular flexibility index (Phi) is 7.04. The lowest BCUT2D eigenvalue weighted by Crippen LogP contribution is -2.39. The molecule has 5 rings (SSSR count). The Bertz CT molecular complexity index is 1260. The predicted octanol–water partition coefficient (Wildman–Crippen LogP) is 5.03. The van der Waals surface area contributed by atoms with Gasteiger partial charge in [0, 0.05) is 60.7 Å². The number of H-pyrrole nitrogens is 1. The van der Waals surface area contributed by atoms with Crippen LogP contribution in [0.4, 0.5) is 4.39 Å². The Labute approximate surface area is 216 Å². The quantitative estimate of drug-likeness (QED) is 0.523. The number of carbonyl (C=O) groups excluding carboxylic acids is 2. The van der Waals surface area contributed by atoms with Gasteiger partial charge < -0.3 is 14.8 Å². The van der Waals surface area contributed by atoms with Crippen LogP contribution in [0.1, 0.15) is 53.7 Å². The predicted molar refractivity (Wildman–Crippen MR) is 140 cm³/mol. The molecule has 1 unspecified atom stereocenters. The van der Waals surface area contributed by atoms with E-state index in [0.717, 1.165) is 48.8 Å². The average molecular weight is 511 g/mol. The van der Waals surface area contributed by atoms with Gasteiger partial charge in [-0.15, -0.1) is 0 Å². The highest BCUT2D eigenvalue weighted by Gasteiger charge is 2.33. The molecule has 0 spiro atoms. The lowest BCUT2D eigenvalue weighted by molar-refractivity contribution is -0.129. The molecular formula is C28H32ClFN4O2. The molecule has 36 heavy (non-hydrogen) atoms. The number of para-hydroxylation sites is 1. The van der Waals surface area contributed by atoms with Crippen LogP contribution < -0.4 is 0 Å². The average Bonchev–Trinajstić information content (AvgIpc) is 3.50. The summed E-state index contributed by atoms with van der Waals surface area (Å²) in [6, 6.07) is 12.9. The van der Waals surface area contributed by atoms with E-state index < -0.39 is 0 Å². The van der Waals surface area contributed by atoms with Crippen LogP contribution in [0.5, 0.6) is 0 Å². The number of carbonyl (C=O) groups is 2. The first-order valence-electron chi connectivity index (χ1n) is 12.6. The third-order valence-electron chi connectivity index (χ3n) is 7.90. The highest BCUT2D eigenvalue weighted by atomic mass is 35.5. The molecule has 3 heterocycles. The fraction of sp³-hybridized carbons (Fsp3) is 0.429. The number of fused-ring (bicyclic) bond motifs is 1. The molecule has 2 amide bonds. The van der Waals surface area contributed by atoms with Gasteiger partial charge in [0.1, 0.15) is 11.5 Å². The van der Waals surface area contributed by atoms with E-state index in [1.165, 1.54) is 6.07 Å². The second-order valence-corrected chi connectivity index (χ2v) is 10.4. The van der Waals surface area contributed by atoms with Crippen LogP contribution in [0.3, 0.4) is 0 Å². The van der Waals surface area contributed by atoms with Crippen molar-refractivity contribution in [3.63, 3.8) is 0 Å². The van der Waals surface area contributed by atoms with Gasteiger partial charge in [-0.2, -0.15) is 0 Å². The summed E-state index contributed by atoms with van der Waals surface area (Å²) in [5.74, 6) is -0.141. The highest BCUT2D eigenvalue weighted by Crippen LogP contribution is 2.36. The molecule has 0 radical (unpaired) electrons. The first-order chi connectivity index (χ1) is 17.3. The number of rotatable bonds is 5. The summed E-state index contributed by atoms with van der Waals surface area (Å²) in [7, 11) is 1.80. The van der Waals surface area contributed by atoms with Crippen molar-refractivity contribution in [3.05, 3.63) is 70.1 Å². The SMILES string of the molecule is CC(=O)N(C)C1CCN(C(=O)c2[nH]c3ccccc3c2CN2CCC(c3c(F)cccc3Cl)CC2)C1. The number of likely N-dealkylation sites (N-methyl/N-ethyl adjacent to an activating group) is 1. The van der Waals surface area contributed by atoms with Crippen LogP contribution >= 0.6 is 11.6 Å². The number of hydrogen-bond acceptors (Lipinski definition) is 3. The van der Waals surface area contributed by atoms with Crippen LogP contribution in [-0.2, 0) is 11.3 Å². The summed E-state index contributed by atoms with van der Waals surface area (Å²) in [5, 5.41) is 1.55. The molecule has 6 nitrogen and oxygen atoms in total. The molecule has 2 aromatic carbocycles. The second kappa shape index (κ2) is 10.2. The Balaban J connectivity index is 1.34. The van der Waals surface area contributed by atoms with Gasteiger partial charge in [0.25, 0.3) is 5.91 Å². The van der Waals surface area contributed by atoms with E-state index in [0.29, 0.717) is 35.9 Å². The van der Waals surface area contributed by atoms with E-state index in [2.05, 4.69) is 16.0 Å². The molecular weight excluding hydrogens is 479 g/mol. The van der Waals surface area contributed by atoms with Crippen LogP contribution in [0, 0.1) is 5.82 Å². The Hall–Kier alpha value is -2.90. The van der Waals surface area contributed by atoms with Gasteiger partial charge in [0.05, 0.1) is 6.04 Å². The zero-order chi connectivity index (χ0) is 25.4. The van der Waals surface area contributed by atoms with Gasteiger partial charge in [0.15, 0.2) is 0 Å². The molecule has 2 aliphatic heterocycles. The molecule has 0 aliphatic carbocycles. The fourth-order valence-corrected chi connectivity index (χ4v) is 6.03. The summed E-state index contributed by atoms with van der Waals surface area (Å²) in [6.07, 6.45) is 2.42. The number of benzene rings is 2. The summed E-state index contributed by atoms with van der Waals surface area (Å²) < 4.78 is 14.5. The van der Waals surface area contributed by atoms with E-state index >= 15 is 0 Å². The van der Waals surface area contributed by atoms with Crippen molar-refractivity contribution in [3.8, 4) is 0 Å². The third kappa shape index (κ3) is 4.74. The first kappa shape index (κ1) is 24.8. The van der Waals surface area contributed by atoms with Crippen LogP contribution in [-0.4, -0.2) is 70.8 Å². The van der Waals surface area contributed by atoms with Gasteiger partial charge >= 0.3 is 0 Å². The van der Waals surface area contributed by atoms with E-state index in [-0.39, 0.29) is 29.6 Å². The number of piperidine rings is 1. The molecule has 8 heteroatoms. The van der Waals surface area contributed by atoms with Crippen molar-refractivity contribution in [2.75, 3.05) is 33.2 Å². The standard InChI is InChI=1S/C28H32ClFN4O2/c1-18(35)32(2)20-12-15-34(16-20)28(36)27-22(21-6-3-4-9-25(21)31-27)17-33-13-10-19(11-14-33)26-23(29)7-5-8-24(26)30/h3-9,19-20,31H,10-17H2,1-2H3. The Morgan fingerprint density at radius 1 is 1.08 bits per heavy atom. The summed E-state index contributed by atoms with van der Waals surface area (Å²) >= 11 is 6.32. The number of nitrogens with one attached hydrogen (secondary N) is 1. The molecule has 190 valence electrons. The molecule has 1 N–H and O–H groups in total. The minimum atomic E-state index is -0.232. The lowest BCUT2D eigenvalue weighted by Gasteiger charge is -2.33. The van der Waals surface area contributed by atoms with Crippen molar-refractivity contribution in [2.24, 2.45) is 0 Å². The number of halogens is 2. The van der Waals surface area contributed by atoms with E-state index in [1.54, 1.807) is 31.0 Å². The monoisotopic (exact) mass is 510 g/mol. The molecule has 2 saturated heterocycles. The maximum Gasteiger partial charge on any atom is 0.270 e. The normalized spacial score (nSPS) is 19.2. The molecule has 3 aromatic rings. The topological polar surface area (TPSA) is 59.7 Å². The van der Waals surface area contributed by atoms with E-state index in [9.17, 15) is 14.0 Å².